The molecular formula is C30H39BrN2O5Si. The minimum Gasteiger partial charge on any atom is -0.464 e. The number of aromatic nitrogens is 1. The first-order valence-corrected chi connectivity index (χ1v) is 15.7. The van der Waals surface area contributed by atoms with Crippen LogP contribution >= 0.6 is 15.9 Å². The van der Waals surface area contributed by atoms with Crippen LogP contribution in [-0.2, 0) is 20.4 Å². The summed E-state index contributed by atoms with van der Waals surface area (Å²) >= 11 is 3.45. The number of hydrogen-bond acceptors (Lipinski definition) is 5. The molecule has 3 rings (SSSR count). The van der Waals surface area contributed by atoms with Gasteiger partial charge in [-0.25, -0.2) is 9.59 Å². The standard InChI is InChI=1S/C30H39BrN2O5Si/c1-29(2,3)38-28(35)32-23(20-33-19-22(31)18-26(33)27(34)36-7)21-37-39(30(4,5)6,24-14-10-8-11-15-24)25-16-12-9-13-17-25/h8-19,23H,20-21H2,1-7H3,(H,32,35)/t23-/m1/s1. The molecule has 0 aliphatic rings. The Morgan fingerprint density at radius 1 is 0.949 bits per heavy atom. The van der Waals surface area contributed by atoms with Crippen molar-refractivity contribution in [2.45, 2.75) is 64.8 Å². The average molecular weight is 616 g/mol. The second kappa shape index (κ2) is 12.5. The number of carbonyl (C=O) groups is 2. The number of alkyl carbamates (subject to hydrolysis) is 1. The van der Waals surface area contributed by atoms with Crippen LogP contribution < -0.4 is 15.7 Å². The van der Waals surface area contributed by atoms with E-state index >= 15 is 0 Å². The van der Waals surface area contributed by atoms with Gasteiger partial charge in [0.25, 0.3) is 8.32 Å². The molecule has 0 saturated heterocycles. The van der Waals surface area contributed by atoms with Gasteiger partial charge in [0.15, 0.2) is 0 Å². The molecule has 0 aliphatic heterocycles. The van der Waals surface area contributed by atoms with E-state index in [0.717, 1.165) is 14.8 Å². The number of halogens is 1. The van der Waals surface area contributed by atoms with Crippen LogP contribution in [0.25, 0.3) is 0 Å². The van der Waals surface area contributed by atoms with Crippen molar-refractivity contribution in [3.05, 3.63) is 83.1 Å². The smallest absolute Gasteiger partial charge is 0.408 e. The van der Waals surface area contributed by atoms with Gasteiger partial charge >= 0.3 is 12.1 Å². The van der Waals surface area contributed by atoms with Crippen LogP contribution in [-0.4, -0.2) is 50.3 Å². The summed E-state index contributed by atoms with van der Waals surface area (Å²) in [6.07, 6.45) is 1.24. The summed E-state index contributed by atoms with van der Waals surface area (Å²) in [7, 11) is -1.52. The number of ether oxygens (including phenoxy) is 2. The number of carbonyl (C=O) groups excluding carboxylic acids is 2. The fourth-order valence-corrected chi connectivity index (χ4v) is 9.81. The Hall–Kier alpha value is -2.88. The molecule has 0 spiro atoms. The molecule has 1 aromatic heterocycles. The summed E-state index contributed by atoms with van der Waals surface area (Å²) < 4.78 is 20.1. The van der Waals surface area contributed by atoms with Crippen molar-refractivity contribution < 1.29 is 23.5 Å². The lowest BCUT2D eigenvalue weighted by Crippen LogP contribution is -2.67. The Kier molecular flexibility index (Phi) is 9.85. The van der Waals surface area contributed by atoms with Crippen LogP contribution in [0.15, 0.2) is 77.4 Å². The maximum atomic E-state index is 12.9. The Labute approximate surface area is 241 Å². The number of nitrogens with zero attached hydrogens (tertiary/aromatic N) is 1. The number of methoxy groups -OCH3 is 1. The van der Waals surface area contributed by atoms with Crippen LogP contribution in [0.2, 0.25) is 5.04 Å². The molecule has 0 bridgehead atoms. The third-order valence-electron chi connectivity index (χ3n) is 6.31. The van der Waals surface area contributed by atoms with Crippen LogP contribution in [0.4, 0.5) is 4.79 Å². The van der Waals surface area contributed by atoms with Crippen molar-refractivity contribution in [1.82, 2.24) is 9.88 Å². The van der Waals surface area contributed by atoms with E-state index in [1.807, 2.05) is 57.2 Å². The second-order valence-electron chi connectivity index (χ2n) is 11.5. The molecule has 3 aromatic rings. The molecule has 0 unspecified atom stereocenters. The van der Waals surface area contributed by atoms with Gasteiger partial charge in [-0.05, 0) is 58.2 Å². The molecule has 0 saturated carbocycles. The fourth-order valence-electron chi connectivity index (χ4n) is 4.74. The summed E-state index contributed by atoms with van der Waals surface area (Å²) in [5.74, 6) is -0.468. The summed E-state index contributed by atoms with van der Waals surface area (Å²) in [6, 6.07) is 21.8. The van der Waals surface area contributed by atoms with Crippen molar-refractivity contribution in [2.24, 2.45) is 0 Å². The van der Waals surface area contributed by atoms with E-state index < -0.39 is 32.0 Å². The van der Waals surface area contributed by atoms with Gasteiger partial charge in [0.2, 0.25) is 0 Å². The number of benzene rings is 2. The normalized spacial score (nSPS) is 13.0. The molecule has 0 aliphatic carbocycles. The largest absolute Gasteiger partial charge is 0.464 e. The Morgan fingerprint density at radius 2 is 1.49 bits per heavy atom. The van der Waals surface area contributed by atoms with Gasteiger partial charge in [0.05, 0.1) is 19.8 Å². The van der Waals surface area contributed by atoms with Gasteiger partial charge in [-0.3, -0.25) is 0 Å². The van der Waals surface area contributed by atoms with E-state index in [1.54, 1.807) is 16.8 Å². The lowest BCUT2D eigenvalue weighted by atomic mass is 10.2. The molecule has 1 atom stereocenters. The summed E-state index contributed by atoms with van der Waals surface area (Å²) in [5, 5.41) is 5.03. The van der Waals surface area contributed by atoms with Crippen molar-refractivity contribution in [2.75, 3.05) is 13.7 Å². The highest BCUT2D eigenvalue weighted by molar-refractivity contribution is 9.10. The molecule has 1 heterocycles. The van der Waals surface area contributed by atoms with E-state index in [-0.39, 0.29) is 18.2 Å². The SMILES string of the molecule is COC(=O)c1cc(Br)cn1C[C@H](CO[Si](c1ccccc1)(c1ccccc1)C(C)(C)C)NC(=O)OC(C)(C)C. The van der Waals surface area contributed by atoms with Gasteiger partial charge in [-0.15, -0.1) is 0 Å². The highest BCUT2D eigenvalue weighted by Crippen LogP contribution is 2.37. The van der Waals surface area contributed by atoms with Crippen LogP contribution in [0.5, 0.6) is 0 Å². The maximum Gasteiger partial charge on any atom is 0.408 e. The van der Waals surface area contributed by atoms with Gasteiger partial charge in [-0.1, -0.05) is 81.4 Å². The number of hydrogen-bond donors (Lipinski definition) is 1. The lowest BCUT2D eigenvalue weighted by Gasteiger charge is -2.43. The second-order valence-corrected chi connectivity index (χ2v) is 16.7. The predicted molar refractivity (Wildman–Crippen MR) is 160 cm³/mol. The first kappa shape index (κ1) is 30.7. The first-order valence-electron chi connectivity index (χ1n) is 13.0. The molecule has 7 nitrogen and oxygen atoms in total. The third-order valence-corrected chi connectivity index (χ3v) is 11.8. The lowest BCUT2D eigenvalue weighted by molar-refractivity contribution is 0.0479. The van der Waals surface area contributed by atoms with Gasteiger partial charge in [0.1, 0.15) is 11.3 Å². The van der Waals surface area contributed by atoms with E-state index in [4.69, 9.17) is 13.9 Å². The molecule has 1 amide bonds. The predicted octanol–water partition coefficient (Wildman–Crippen LogP) is 5.51. The van der Waals surface area contributed by atoms with Crippen LogP contribution in [0, 0.1) is 0 Å². The van der Waals surface area contributed by atoms with Gasteiger partial charge < -0.3 is 23.8 Å². The summed E-state index contributed by atoms with van der Waals surface area (Å²) in [6.45, 7) is 12.5. The highest BCUT2D eigenvalue weighted by Gasteiger charge is 2.50. The molecular weight excluding hydrogens is 576 g/mol. The average Bonchev–Trinajstić information content (AvgIpc) is 3.23. The minimum atomic E-state index is -2.87. The quantitative estimate of drug-likeness (QED) is 0.254. The van der Waals surface area contributed by atoms with Gasteiger partial charge in [0, 0.05) is 17.2 Å². The molecule has 9 heteroatoms. The zero-order valence-electron chi connectivity index (χ0n) is 23.8. The van der Waals surface area contributed by atoms with Crippen molar-refractivity contribution in [3.8, 4) is 0 Å². The first-order chi connectivity index (χ1) is 18.3. The van der Waals surface area contributed by atoms with Crippen molar-refractivity contribution >= 4 is 46.7 Å². The van der Waals surface area contributed by atoms with Gasteiger partial charge in [-0.2, -0.15) is 0 Å². The molecule has 1 N–H and O–H groups in total. The molecule has 39 heavy (non-hydrogen) atoms. The van der Waals surface area contributed by atoms with E-state index in [1.165, 1.54) is 7.11 Å². The fraction of sp³-hybridized carbons (Fsp3) is 0.400. The zero-order valence-corrected chi connectivity index (χ0v) is 26.4. The van der Waals surface area contributed by atoms with Crippen molar-refractivity contribution in [1.29, 1.82) is 0 Å². The molecule has 210 valence electrons. The maximum absolute atomic E-state index is 12.9. The number of amides is 1. The summed E-state index contributed by atoms with van der Waals surface area (Å²) in [5.41, 5.74) is -0.299. The van der Waals surface area contributed by atoms with E-state index in [2.05, 4.69) is 66.3 Å². The topological polar surface area (TPSA) is 78.8 Å². The van der Waals surface area contributed by atoms with Crippen LogP contribution in [0.3, 0.4) is 0 Å². The monoisotopic (exact) mass is 614 g/mol. The number of rotatable bonds is 9. The molecule has 0 fully saturated rings. The Bertz CT molecular complexity index is 1210. The number of nitrogens with one attached hydrogen (secondary N) is 1. The molecule has 2 aromatic carbocycles. The van der Waals surface area contributed by atoms with Crippen LogP contribution in [0.1, 0.15) is 52.0 Å². The third kappa shape index (κ3) is 7.61. The zero-order chi connectivity index (χ0) is 28.8. The Morgan fingerprint density at radius 3 is 1.95 bits per heavy atom. The van der Waals surface area contributed by atoms with E-state index in [0.29, 0.717) is 5.69 Å². The summed E-state index contributed by atoms with van der Waals surface area (Å²) in [4.78, 5) is 25.4. The highest BCUT2D eigenvalue weighted by atomic mass is 79.9. The molecule has 0 radical (unpaired) electrons. The van der Waals surface area contributed by atoms with E-state index in [9.17, 15) is 9.59 Å². The Balaban J connectivity index is 2.04. The van der Waals surface area contributed by atoms with Crippen molar-refractivity contribution in [3.63, 3.8) is 0 Å². The minimum absolute atomic E-state index is 0.197. The number of esters is 1.